The van der Waals surface area contributed by atoms with Gasteiger partial charge >= 0.3 is 5.97 Å². The number of hydrogen-bond acceptors (Lipinski definition) is 6. The molecule has 8 heteroatoms. The molecule has 3 rings (SSSR count). The van der Waals surface area contributed by atoms with E-state index in [9.17, 15) is 19.5 Å². The highest BCUT2D eigenvalue weighted by Gasteiger charge is 2.74. The fraction of sp³-hybridized carbons (Fsp3) is 0.731. The Hall–Kier alpha value is -1.80. The van der Waals surface area contributed by atoms with Crippen LogP contribution in [0.4, 0.5) is 0 Å². The first-order chi connectivity index (χ1) is 16.3. The topological polar surface area (TPSA) is 87.1 Å². The molecule has 0 aliphatic carbocycles. The lowest BCUT2D eigenvalue weighted by molar-refractivity contribution is -0.154. The van der Waals surface area contributed by atoms with Crippen LogP contribution in [-0.2, 0) is 19.1 Å². The molecule has 3 saturated heterocycles. The number of rotatable bonds is 14. The lowest BCUT2D eigenvalue weighted by Crippen LogP contribution is -2.56. The lowest BCUT2D eigenvalue weighted by Gasteiger charge is -2.38. The van der Waals surface area contributed by atoms with E-state index in [1.54, 1.807) is 27.6 Å². The van der Waals surface area contributed by atoms with Gasteiger partial charge < -0.3 is 19.6 Å². The summed E-state index contributed by atoms with van der Waals surface area (Å²) in [7, 11) is 0. The predicted octanol–water partition coefficient (Wildman–Crippen LogP) is 3.17. The van der Waals surface area contributed by atoms with Crippen LogP contribution in [0.5, 0.6) is 0 Å². The maximum Gasteiger partial charge on any atom is 0.310 e. The van der Waals surface area contributed by atoms with E-state index >= 15 is 0 Å². The fourth-order valence-electron chi connectivity index (χ4n) is 5.85. The number of hydrogen-bond donors (Lipinski definition) is 1. The van der Waals surface area contributed by atoms with E-state index in [2.05, 4.69) is 13.2 Å². The largest absolute Gasteiger partial charge is 0.465 e. The second-order valence-corrected chi connectivity index (χ2v) is 11.4. The first-order valence-electron chi connectivity index (χ1n) is 12.6. The van der Waals surface area contributed by atoms with Crippen LogP contribution in [0.2, 0.25) is 0 Å². The van der Waals surface area contributed by atoms with Gasteiger partial charge in [-0.05, 0) is 58.8 Å². The van der Waals surface area contributed by atoms with Crippen molar-refractivity contribution >= 4 is 29.5 Å². The number of likely N-dealkylation sites (tertiary alicyclic amines) is 1. The summed E-state index contributed by atoms with van der Waals surface area (Å²) in [5, 5.41) is 9.28. The zero-order valence-electron chi connectivity index (χ0n) is 20.6. The van der Waals surface area contributed by atoms with Crippen molar-refractivity contribution in [3.05, 3.63) is 25.3 Å². The van der Waals surface area contributed by atoms with Crippen molar-refractivity contribution in [1.82, 2.24) is 9.80 Å². The van der Waals surface area contributed by atoms with Crippen molar-refractivity contribution < 1.29 is 24.2 Å². The van der Waals surface area contributed by atoms with Gasteiger partial charge in [-0.15, -0.1) is 24.9 Å². The van der Waals surface area contributed by atoms with Gasteiger partial charge in [0.15, 0.2) is 0 Å². The maximum atomic E-state index is 13.9. The molecule has 3 fully saturated rings. The Balaban J connectivity index is 1.87. The molecular weight excluding hydrogens is 452 g/mol. The van der Waals surface area contributed by atoms with Crippen LogP contribution in [0.25, 0.3) is 0 Å². The van der Waals surface area contributed by atoms with Crippen molar-refractivity contribution in [1.29, 1.82) is 0 Å². The molecule has 3 aliphatic heterocycles. The fourth-order valence-corrected chi connectivity index (χ4v) is 8.05. The highest BCUT2D eigenvalue weighted by atomic mass is 32.2. The summed E-state index contributed by atoms with van der Waals surface area (Å²) in [4.78, 5) is 44.4. The van der Waals surface area contributed by atoms with E-state index in [1.807, 2.05) is 19.9 Å². The number of unbranched alkanes of at least 4 members (excludes halogenated alkanes) is 3. The number of esters is 1. The molecule has 2 amide bonds. The third-order valence-electron chi connectivity index (χ3n) is 7.39. The summed E-state index contributed by atoms with van der Waals surface area (Å²) in [6.45, 7) is 12.7. The van der Waals surface area contributed by atoms with Crippen molar-refractivity contribution in [2.75, 3.05) is 26.3 Å². The molecular formula is C26H40N2O5S. The monoisotopic (exact) mass is 492 g/mol. The van der Waals surface area contributed by atoms with Crippen LogP contribution in [0.3, 0.4) is 0 Å². The van der Waals surface area contributed by atoms with Crippen LogP contribution in [-0.4, -0.2) is 81.1 Å². The summed E-state index contributed by atoms with van der Waals surface area (Å²) in [5.74, 6) is -1.51. The number of fused-ring (bicyclic) bond motifs is 1. The minimum Gasteiger partial charge on any atom is -0.465 e. The van der Waals surface area contributed by atoms with Crippen LogP contribution < -0.4 is 0 Å². The van der Waals surface area contributed by atoms with Crippen LogP contribution in [0.1, 0.15) is 58.8 Å². The van der Waals surface area contributed by atoms with Crippen molar-refractivity contribution in [2.24, 2.45) is 11.8 Å². The molecule has 2 unspecified atom stereocenters. The van der Waals surface area contributed by atoms with E-state index in [1.165, 1.54) is 0 Å². The van der Waals surface area contributed by atoms with Crippen LogP contribution in [0.15, 0.2) is 25.3 Å². The summed E-state index contributed by atoms with van der Waals surface area (Å²) in [6.07, 6.45) is 8.86. The Labute approximate surface area is 208 Å². The first-order valence-corrected chi connectivity index (χ1v) is 13.5. The molecule has 190 valence electrons. The van der Waals surface area contributed by atoms with Gasteiger partial charge in [0.1, 0.15) is 6.04 Å². The number of amides is 2. The molecule has 0 radical (unpaired) electrons. The van der Waals surface area contributed by atoms with Gasteiger partial charge in [0, 0.05) is 31.0 Å². The molecule has 1 spiro atoms. The zero-order chi connectivity index (χ0) is 24.9. The second kappa shape index (κ2) is 11.8. The molecule has 7 nitrogen and oxygen atoms in total. The second-order valence-electron chi connectivity index (χ2n) is 9.84. The Morgan fingerprint density at radius 1 is 1.26 bits per heavy atom. The third-order valence-corrected chi connectivity index (χ3v) is 9.34. The van der Waals surface area contributed by atoms with Crippen molar-refractivity contribution in [3.63, 3.8) is 0 Å². The maximum absolute atomic E-state index is 13.9. The van der Waals surface area contributed by atoms with Gasteiger partial charge in [-0.2, -0.15) is 0 Å². The number of ether oxygens (including phenoxy) is 1. The van der Waals surface area contributed by atoms with Gasteiger partial charge in [0.25, 0.3) is 0 Å². The van der Waals surface area contributed by atoms with Gasteiger partial charge in [-0.25, -0.2) is 0 Å². The number of aliphatic hydroxyl groups is 1. The highest BCUT2D eigenvalue weighted by Crippen LogP contribution is 2.66. The molecule has 3 heterocycles. The molecule has 0 saturated carbocycles. The summed E-state index contributed by atoms with van der Waals surface area (Å²) in [5.41, 5.74) is 0. The average Bonchev–Trinajstić information content (AvgIpc) is 3.44. The molecule has 34 heavy (non-hydrogen) atoms. The standard InChI is InChI=1S/C26H40N2O5S/c1-5-7-8-11-17-33-25(32)20-19-12-13-26(34-19)21(20)23(30)28(15-9-10-16-29)22(26)24(31)27(14-6-2)18(3)4/h5-6,18-22,29H,1-2,7-17H2,3-4H3/t19-,20+,21+,22?,26?/m1/s1. The number of carbonyl (C=O) groups excluding carboxylic acids is 3. The molecule has 3 aliphatic rings. The third kappa shape index (κ3) is 4.94. The minimum absolute atomic E-state index is 0.0106. The molecule has 2 bridgehead atoms. The average molecular weight is 493 g/mol. The molecule has 0 aromatic heterocycles. The number of aliphatic hydroxyl groups excluding tert-OH is 1. The van der Waals surface area contributed by atoms with Crippen LogP contribution in [0, 0.1) is 11.8 Å². The van der Waals surface area contributed by atoms with Gasteiger partial charge in [0.2, 0.25) is 11.8 Å². The van der Waals surface area contributed by atoms with Crippen molar-refractivity contribution in [2.45, 2.75) is 80.9 Å². The lowest BCUT2D eigenvalue weighted by atomic mass is 9.71. The number of carbonyl (C=O) groups is 3. The Bertz CT molecular complexity index is 787. The van der Waals surface area contributed by atoms with E-state index < -0.39 is 22.6 Å². The SMILES string of the molecule is C=CCCCCOC(=O)[C@@H]1[C@H]2C(=O)N(CCCCO)C(C(=O)N(CC=C)C(C)C)C23CC[C@H]1S3. The number of allylic oxidation sites excluding steroid dienone is 1. The predicted molar refractivity (Wildman–Crippen MR) is 134 cm³/mol. The number of nitrogens with zero attached hydrogens (tertiary/aromatic N) is 2. The van der Waals surface area contributed by atoms with Crippen LogP contribution >= 0.6 is 11.8 Å². The molecule has 1 N–H and O–H groups in total. The van der Waals surface area contributed by atoms with E-state index in [4.69, 9.17) is 4.74 Å². The summed E-state index contributed by atoms with van der Waals surface area (Å²) < 4.78 is 5.03. The Morgan fingerprint density at radius 2 is 2.03 bits per heavy atom. The first kappa shape index (κ1) is 26.8. The number of thioether (sulfide) groups is 1. The van der Waals surface area contributed by atoms with E-state index in [0.717, 1.165) is 32.1 Å². The van der Waals surface area contributed by atoms with Gasteiger partial charge in [0.05, 0.1) is 23.2 Å². The van der Waals surface area contributed by atoms with Crippen molar-refractivity contribution in [3.8, 4) is 0 Å². The zero-order valence-corrected chi connectivity index (χ0v) is 21.4. The highest BCUT2D eigenvalue weighted by molar-refractivity contribution is 8.02. The minimum atomic E-state index is -0.605. The van der Waals surface area contributed by atoms with E-state index in [-0.39, 0.29) is 35.7 Å². The molecule has 0 aromatic rings. The Morgan fingerprint density at radius 3 is 2.68 bits per heavy atom. The normalized spacial score (nSPS) is 29.4. The van der Waals surface area contributed by atoms with Gasteiger partial charge in [-0.1, -0.05) is 12.2 Å². The molecule has 0 aromatic carbocycles. The Kier molecular flexibility index (Phi) is 9.27. The summed E-state index contributed by atoms with van der Waals surface area (Å²) >= 11 is 1.66. The quantitative estimate of drug-likeness (QED) is 0.228. The van der Waals surface area contributed by atoms with Gasteiger partial charge in [-0.3, -0.25) is 14.4 Å². The summed E-state index contributed by atoms with van der Waals surface area (Å²) in [6, 6.07) is -0.637. The molecule has 5 atom stereocenters. The van der Waals surface area contributed by atoms with E-state index in [0.29, 0.717) is 32.5 Å². The smallest absolute Gasteiger partial charge is 0.310 e.